The summed E-state index contributed by atoms with van der Waals surface area (Å²) in [5.41, 5.74) is 0.347. The Morgan fingerprint density at radius 3 is 2.57 bits per heavy atom. The predicted molar refractivity (Wildman–Crippen MR) is 84.4 cm³/mol. The number of hydrogen-bond donors (Lipinski definition) is 2. The smallest absolute Gasteiger partial charge is 0.243 e. The van der Waals surface area contributed by atoms with Gasteiger partial charge in [0.05, 0.1) is 6.61 Å². The summed E-state index contributed by atoms with van der Waals surface area (Å²) in [7, 11) is -3.82. The normalized spacial score (nSPS) is 11.8. The summed E-state index contributed by atoms with van der Waals surface area (Å²) < 4.78 is 40.1. The van der Waals surface area contributed by atoms with Crippen molar-refractivity contribution in [3.05, 3.63) is 29.6 Å². The maximum Gasteiger partial charge on any atom is 0.243 e. The predicted octanol–water partition coefficient (Wildman–Crippen LogP) is 2.52. The number of sulfonamides is 1. The molecule has 0 bridgehead atoms. The first kappa shape index (κ1) is 18.4. The second-order valence-electron chi connectivity index (χ2n) is 4.73. The molecule has 0 saturated carbocycles. The summed E-state index contributed by atoms with van der Waals surface area (Å²) in [5.74, 6) is 0.280. The number of nitrogens with one attached hydrogen (secondary N) is 1. The summed E-state index contributed by atoms with van der Waals surface area (Å²) in [6.07, 6.45) is 5.96. The molecular weight excluding hydrogens is 313 g/mol. The van der Waals surface area contributed by atoms with Crippen molar-refractivity contribution in [1.82, 2.24) is 4.72 Å². The number of aliphatic hydroxyl groups is 1. The molecule has 1 rings (SSSR count). The Balaban J connectivity index is 2.46. The minimum absolute atomic E-state index is 0.308. The van der Waals surface area contributed by atoms with Gasteiger partial charge in [0, 0.05) is 6.54 Å². The van der Waals surface area contributed by atoms with E-state index in [1.807, 2.05) is 0 Å². The number of aliphatic hydroxyl groups excluding tert-OH is 1. The lowest BCUT2D eigenvalue weighted by atomic mass is 10.2. The second kappa shape index (κ2) is 9.40. The Bertz CT molecular complexity index is 535. The molecule has 0 unspecified atom stereocenters. The van der Waals surface area contributed by atoms with Crippen molar-refractivity contribution in [2.75, 3.05) is 18.6 Å². The standard InChI is InChI=1S/C14H22FNO3S2/c1-20-9-5-3-2-4-8-16-21(18,19)14-7-6-12(11-17)10-13(14)15/h6-7,10,16-17H,2-5,8-9,11H2,1H3. The third-order valence-electron chi connectivity index (χ3n) is 3.04. The summed E-state index contributed by atoms with van der Waals surface area (Å²) >= 11 is 1.80. The molecule has 0 aliphatic heterocycles. The minimum atomic E-state index is -3.82. The van der Waals surface area contributed by atoms with Gasteiger partial charge < -0.3 is 5.11 Å². The van der Waals surface area contributed by atoms with Crippen LogP contribution in [0, 0.1) is 5.82 Å². The molecule has 21 heavy (non-hydrogen) atoms. The van der Waals surface area contributed by atoms with E-state index in [0.717, 1.165) is 37.5 Å². The van der Waals surface area contributed by atoms with Gasteiger partial charge in [0.1, 0.15) is 10.7 Å². The highest BCUT2D eigenvalue weighted by Crippen LogP contribution is 2.16. The topological polar surface area (TPSA) is 66.4 Å². The van der Waals surface area contributed by atoms with E-state index >= 15 is 0 Å². The van der Waals surface area contributed by atoms with E-state index < -0.39 is 15.8 Å². The fraction of sp³-hybridized carbons (Fsp3) is 0.571. The van der Waals surface area contributed by atoms with Gasteiger partial charge in [0.15, 0.2) is 0 Å². The Morgan fingerprint density at radius 1 is 1.24 bits per heavy atom. The first-order chi connectivity index (χ1) is 10.0. The Morgan fingerprint density at radius 2 is 1.95 bits per heavy atom. The van der Waals surface area contributed by atoms with Gasteiger partial charge in [-0.05, 0) is 42.5 Å². The van der Waals surface area contributed by atoms with E-state index in [4.69, 9.17) is 5.11 Å². The molecule has 0 atom stereocenters. The van der Waals surface area contributed by atoms with Crippen LogP contribution in [0.4, 0.5) is 4.39 Å². The highest BCUT2D eigenvalue weighted by atomic mass is 32.2. The maximum atomic E-state index is 13.7. The molecule has 0 saturated heterocycles. The Labute approximate surface area is 130 Å². The van der Waals surface area contributed by atoms with Crippen LogP contribution >= 0.6 is 11.8 Å². The zero-order valence-electron chi connectivity index (χ0n) is 12.1. The molecule has 7 heteroatoms. The van der Waals surface area contributed by atoms with Crippen molar-refractivity contribution in [2.24, 2.45) is 0 Å². The van der Waals surface area contributed by atoms with Crippen LogP contribution in [0.25, 0.3) is 0 Å². The maximum absolute atomic E-state index is 13.7. The number of thioether (sulfide) groups is 1. The molecular formula is C14H22FNO3S2. The summed E-state index contributed by atoms with van der Waals surface area (Å²) in [5, 5.41) is 8.88. The van der Waals surface area contributed by atoms with E-state index in [2.05, 4.69) is 11.0 Å². The van der Waals surface area contributed by atoms with Gasteiger partial charge in [0.2, 0.25) is 10.0 Å². The SMILES string of the molecule is CSCCCCCCNS(=O)(=O)c1ccc(CO)cc1F. The van der Waals surface area contributed by atoms with Crippen LogP contribution in [0.5, 0.6) is 0 Å². The second-order valence-corrected chi connectivity index (χ2v) is 7.45. The lowest BCUT2D eigenvalue weighted by Crippen LogP contribution is -2.25. The highest BCUT2D eigenvalue weighted by molar-refractivity contribution is 7.98. The lowest BCUT2D eigenvalue weighted by Gasteiger charge is -2.08. The van der Waals surface area contributed by atoms with Gasteiger partial charge in [-0.3, -0.25) is 0 Å². The van der Waals surface area contributed by atoms with Crippen LogP contribution < -0.4 is 4.72 Å². The summed E-state index contributed by atoms with van der Waals surface area (Å²) in [6, 6.07) is 3.62. The number of rotatable bonds is 10. The molecule has 0 aliphatic rings. The fourth-order valence-corrected chi connectivity index (χ4v) is 3.49. The molecule has 0 amide bonds. The first-order valence-corrected chi connectivity index (χ1v) is 9.77. The molecule has 2 N–H and O–H groups in total. The molecule has 0 spiro atoms. The van der Waals surface area contributed by atoms with Gasteiger partial charge >= 0.3 is 0 Å². The first-order valence-electron chi connectivity index (χ1n) is 6.89. The third kappa shape index (κ3) is 6.34. The van der Waals surface area contributed by atoms with E-state index in [1.165, 1.54) is 12.1 Å². The molecule has 0 aliphatic carbocycles. The van der Waals surface area contributed by atoms with Gasteiger partial charge in [-0.25, -0.2) is 17.5 Å². The van der Waals surface area contributed by atoms with Crippen molar-refractivity contribution in [3.63, 3.8) is 0 Å². The molecule has 0 radical (unpaired) electrons. The average molecular weight is 335 g/mol. The lowest BCUT2D eigenvalue weighted by molar-refractivity contribution is 0.281. The van der Waals surface area contributed by atoms with Crippen LogP contribution in [0.1, 0.15) is 31.2 Å². The quantitative estimate of drug-likeness (QED) is 0.645. The van der Waals surface area contributed by atoms with Crippen LogP contribution in [0.2, 0.25) is 0 Å². The summed E-state index contributed by atoms with van der Waals surface area (Å²) in [6.45, 7) is -0.0104. The third-order valence-corrected chi connectivity index (χ3v) is 5.23. The van der Waals surface area contributed by atoms with Gasteiger partial charge in [-0.1, -0.05) is 18.9 Å². The van der Waals surface area contributed by atoms with E-state index in [9.17, 15) is 12.8 Å². The van der Waals surface area contributed by atoms with Crippen LogP contribution in [0.15, 0.2) is 23.1 Å². The zero-order valence-corrected chi connectivity index (χ0v) is 13.8. The summed E-state index contributed by atoms with van der Waals surface area (Å²) in [4.78, 5) is -0.373. The molecule has 0 fully saturated rings. The van der Waals surface area contributed by atoms with E-state index in [1.54, 1.807) is 11.8 Å². The number of halogens is 1. The largest absolute Gasteiger partial charge is 0.392 e. The Hall–Kier alpha value is -0.630. The van der Waals surface area contributed by atoms with Crippen LogP contribution in [0.3, 0.4) is 0 Å². The van der Waals surface area contributed by atoms with Crippen molar-refractivity contribution < 1.29 is 17.9 Å². The molecule has 0 aromatic heterocycles. The zero-order chi connectivity index (χ0) is 15.7. The monoisotopic (exact) mass is 335 g/mol. The Kier molecular flexibility index (Phi) is 8.24. The fourth-order valence-electron chi connectivity index (χ4n) is 1.87. The van der Waals surface area contributed by atoms with Crippen molar-refractivity contribution in [2.45, 2.75) is 37.2 Å². The number of unbranched alkanes of at least 4 members (excludes halogenated alkanes) is 3. The molecule has 4 nitrogen and oxygen atoms in total. The molecule has 1 aromatic carbocycles. The number of benzene rings is 1. The molecule has 0 heterocycles. The van der Waals surface area contributed by atoms with Gasteiger partial charge in [-0.2, -0.15) is 11.8 Å². The van der Waals surface area contributed by atoms with Gasteiger partial charge in [-0.15, -0.1) is 0 Å². The van der Waals surface area contributed by atoms with E-state index in [-0.39, 0.29) is 11.5 Å². The van der Waals surface area contributed by atoms with E-state index in [0.29, 0.717) is 12.1 Å². The van der Waals surface area contributed by atoms with Crippen LogP contribution in [-0.2, 0) is 16.6 Å². The molecule has 1 aromatic rings. The molecule has 120 valence electrons. The number of hydrogen-bond acceptors (Lipinski definition) is 4. The van der Waals surface area contributed by atoms with Crippen molar-refractivity contribution in [1.29, 1.82) is 0 Å². The van der Waals surface area contributed by atoms with Crippen molar-refractivity contribution in [3.8, 4) is 0 Å². The van der Waals surface area contributed by atoms with Crippen molar-refractivity contribution >= 4 is 21.8 Å². The average Bonchev–Trinajstić information content (AvgIpc) is 2.45. The van der Waals surface area contributed by atoms with Crippen LogP contribution in [-0.4, -0.2) is 32.1 Å². The highest BCUT2D eigenvalue weighted by Gasteiger charge is 2.18. The minimum Gasteiger partial charge on any atom is -0.392 e. The van der Waals surface area contributed by atoms with Gasteiger partial charge in [0.25, 0.3) is 0 Å².